The molecule has 0 heterocycles. The number of halogens is 4. The zero-order chi connectivity index (χ0) is 12.9. The Bertz CT molecular complexity index is 368. The van der Waals surface area contributed by atoms with E-state index in [-0.39, 0.29) is 6.61 Å². The monoisotopic (exact) mass is 311 g/mol. The van der Waals surface area contributed by atoms with Crippen LogP contribution in [-0.2, 0) is 12.7 Å². The van der Waals surface area contributed by atoms with Crippen LogP contribution in [0, 0.1) is 0 Å². The molecule has 2 nitrogen and oxygen atoms in total. The van der Waals surface area contributed by atoms with Gasteiger partial charge >= 0.3 is 6.18 Å². The predicted octanol–water partition coefficient (Wildman–Crippen LogP) is 2.94. The van der Waals surface area contributed by atoms with Crippen LogP contribution in [0.25, 0.3) is 0 Å². The van der Waals surface area contributed by atoms with Crippen molar-refractivity contribution >= 4 is 15.9 Å². The molecular weight excluding hydrogens is 299 g/mol. The van der Waals surface area contributed by atoms with Gasteiger partial charge in [-0.2, -0.15) is 13.2 Å². The molecule has 96 valence electrons. The largest absolute Gasteiger partial charge is 0.416 e. The van der Waals surface area contributed by atoms with Gasteiger partial charge in [0.15, 0.2) is 0 Å². The number of rotatable bonds is 5. The Hall–Kier alpha value is -0.590. The first kappa shape index (κ1) is 14.5. The van der Waals surface area contributed by atoms with Crippen LogP contribution in [0.3, 0.4) is 0 Å². The zero-order valence-corrected chi connectivity index (χ0v) is 10.6. The zero-order valence-electron chi connectivity index (χ0n) is 9.02. The van der Waals surface area contributed by atoms with E-state index >= 15 is 0 Å². The Kier molecular flexibility index (Phi) is 5.42. The van der Waals surface area contributed by atoms with Crippen molar-refractivity contribution in [1.29, 1.82) is 0 Å². The van der Waals surface area contributed by atoms with E-state index in [0.29, 0.717) is 29.5 Å². The molecule has 0 saturated carbocycles. The molecule has 0 unspecified atom stereocenters. The molecular formula is C11H13BrF3NO. The summed E-state index contributed by atoms with van der Waals surface area (Å²) in [6, 6.07) is 3.56. The molecule has 0 spiro atoms. The molecule has 0 aliphatic rings. The fourth-order valence-corrected chi connectivity index (χ4v) is 1.70. The summed E-state index contributed by atoms with van der Waals surface area (Å²) in [6.07, 6.45) is -3.74. The van der Waals surface area contributed by atoms with E-state index in [2.05, 4.69) is 21.2 Å². The molecule has 0 bridgehead atoms. The third-order valence-corrected chi connectivity index (χ3v) is 2.97. The lowest BCUT2D eigenvalue weighted by Gasteiger charge is -2.11. The quantitative estimate of drug-likeness (QED) is 0.820. The minimum Gasteiger partial charge on any atom is -0.396 e. The molecule has 0 saturated heterocycles. The van der Waals surface area contributed by atoms with Crippen LogP contribution in [0.2, 0.25) is 0 Å². The summed E-state index contributed by atoms with van der Waals surface area (Å²) in [4.78, 5) is 0. The van der Waals surface area contributed by atoms with E-state index < -0.39 is 11.7 Å². The van der Waals surface area contributed by atoms with Crippen LogP contribution in [-0.4, -0.2) is 18.3 Å². The van der Waals surface area contributed by atoms with E-state index in [1.807, 2.05) is 0 Å². The van der Waals surface area contributed by atoms with Crippen molar-refractivity contribution in [2.24, 2.45) is 0 Å². The van der Waals surface area contributed by atoms with Crippen molar-refractivity contribution in [2.75, 3.05) is 13.2 Å². The molecule has 0 radical (unpaired) electrons. The number of aliphatic hydroxyl groups is 1. The van der Waals surface area contributed by atoms with Gasteiger partial charge in [0.1, 0.15) is 0 Å². The lowest BCUT2D eigenvalue weighted by Crippen LogP contribution is -2.16. The molecule has 0 aliphatic carbocycles. The van der Waals surface area contributed by atoms with E-state index in [0.717, 1.165) is 12.1 Å². The highest BCUT2D eigenvalue weighted by Gasteiger charge is 2.30. The third-order valence-electron chi connectivity index (χ3n) is 2.20. The fourth-order valence-electron chi connectivity index (χ4n) is 1.31. The Balaban J connectivity index is 2.70. The summed E-state index contributed by atoms with van der Waals surface area (Å²) in [5.74, 6) is 0. The minimum absolute atomic E-state index is 0.0662. The Labute approximate surface area is 106 Å². The van der Waals surface area contributed by atoms with Gasteiger partial charge in [-0.25, -0.2) is 0 Å². The molecule has 0 amide bonds. The van der Waals surface area contributed by atoms with Gasteiger partial charge in [0.25, 0.3) is 0 Å². The summed E-state index contributed by atoms with van der Waals surface area (Å²) in [5.41, 5.74) is -0.0996. The SMILES string of the molecule is OCCCNCc1cc(C(F)(F)F)ccc1Br. The predicted molar refractivity (Wildman–Crippen MR) is 62.6 cm³/mol. The molecule has 1 aromatic carbocycles. The van der Waals surface area contributed by atoms with Gasteiger partial charge in [0.05, 0.1) is 5.56 Å². The first-order valence-corrected chi connectivity index (χ1v) is 5.91. The van der Waals surface area contributed by atoms with Crippen LogP contribution >= 0.6 is 15.9 Å². The summed E-state index contributed by atoms with van der Waals surface area (Å²) >= 11 is 3.21. The van der Waals surface area contributed by atoms with Crippen LogP contribution < -0.4 is 5.32 Å². The normalized spacial score (nSPS) is 11.8. The smallest absolute Gasteiger partial charge is 0.396 e. The number of hydrogen-bond donors (Lipinski definition) is 2. The number of aliphatic hydroxyl groups excluding tert-OH is 1. The highest BCUT2D eigenvalue weighted by Crippen LogP contribution is 2.31. The molecule has 0 aromatic heterocycles. The van der Waals surface area contributed by atoms with Crippen molar-refractivity contribution in [2.45, 2.75) is 19.1 Å². The van der Waals surface area contributed by atoms with Crippen molar-refractivity contribution in [3.8, 4) is 0 Å². The first-order chi connectivity index (χ1) is 7.95. The Morgan fingerprint density at radius 1 is 1.29 bits per heavy atom. The van der Waals surface area contributed by atoms with E-state index in [9.17, 15) is 13.2 Å². The van der Waals surface area contributed by atoms with Crippen molar-refractivity contribution in [3.63, 3.8) is 0 Å². The van der Waals surface area contributed by atoms with Gasteiger partial charge in [-0.05, 0) is 36.7 Å². The molecule has 0 fully saturated rings. The van der Waals surface area contributed by atoms with Crippen LogP contribution in [0.5, 0.6) is 0 Å². The van der Waals surface area contributed by atoms with E-state index in [4.69, 9.17) is 5.11 Å². The van der Waals surface area contributed by atoms with Gasteiger partial charge in [-0.3, -0.25) is 0 Å². The summed E-state index contributed by atoms with van der Waals surface area (Å²) in [5, 5.41) is 11.5. The molecule has 1 rings (SSSR count). The maximum Gasteiger partial charge on any atom is 0.416 e. The lowest BCUT2D eigenvalue weighted by atomic mass is 10.1. The van der Waals surface area contributed by atoms with E-state index in [1.54, 1.807) is 0 Å². The van der Waals surface area contributed by atoms with Crippen molar-refractivity contribution < 1.29 is 18.3 Å². The molecule has 6 heteroatoms. The van der Waals surface area contributed by atoms with Crippen molar-refractivity contribution in [1.82, 2.24) is 5.32 Å². The fraction of sp³-hybridized carbons (Fsp3) is 0.455. The second-order valence-electron chi connectivity index (χ2n) is 3.56. The van der Waals surface area contributed by atoms with Crippen molar-refractivity contribution in [3.05, 3.63) is 33.8 Å². The number of nitrogens with one attached hydrogen (secondary N) is 1. The average Bonchev–Trinajstić information content (AvgIpc) is 2.25. The van der Waals surface area contributed by atoms with Gasteiger partial charge in [-0.1, -0.05) is 15.9 Å². The number of benzene rings is 1. The van der Waals surface area contributed by atoms with Crippen LogP contribution in [0.1, 0.15) is 17.5 Å². The summed E-state index contributed by atoms with van der Waals surface area (Å²) < 4.78 is 38.1. The molecule has 0 aliphatic heterocycles. The molecule has 0 atom stereocenters. The van der Waals surface area contributed by atoms with Gasteiger partial charge in [-0.15, -0.1) is 0 Å². The maximum atomic E-state index is 12.5. The van der Waals surface area contributed by atoms with Crippen LogP contribution in [0.15, 0.2) is 22.7 Å². The lowest BCUT2D eigenvalue weighted by molar-refractivity contribution is -0.137. The minimum atomic E-state index is -4.32. The van der Waals surface area contributed by atoms with Gasteiger partial charge in [0.2, 0.25) is 0 Å². The first-order valence-electron chi connectivity index (χ1n) is 5.12. The number of hydrogen-bond acceptors (Lipinski definition) is 2. The topological polar surface area (TPSA) is 32.3 Å². The van der Waals surface area contributed by atoms with Crippen LogP contribution in [0.4, 0.5) is 13.2 Å². The second kappa shape index (κ2) is 6.37. The van der Waals surface area contributed by atoms with Gasteiger partial charge < -0.3 is 10.4 Å². The molecule has 17 heavy (non-hydrogen) atoms. The van der Waals surface area contributed by atoms with E-state index in [1.165, 1.54) is 6.07 Å². The maximum absolute atomic E-state index is 12.5. The molecule has 2 N–H and O–H groups in total. The summed E-state index contributed by atoms with van der Waals surface area (Å²) in [6.45, 7) is 0.973. The highest BCUT2D eigenvalue weighted by atomic mass is 79.9. The summed E-state index contributed by atoms with van der Waals surface area (Å²) in [7, 11) is 0. The Morgan fingerprint density at radius 3 is 2.59 bits per heavy atom. The second-order valence-corrected chi connectivity index (χ2v) is 4.41. The standard InChI is InChI=1S/C11H13BrF3NO/c12-10-3-2-9(11(13,14)15)6-8(10)7-16-4-1-5-17/h2-3,6,16-17H,1,4-5,7H2. The third kappa shape index (κ3) is 4.65. The molecule has 1 aromatic rings. The average molecular weight is 312 g/mol. The number of alkyl halides is 3. The highest BCUT2D eigenvalue weighted by molar-refractivity contribution is 9.10. The van der Waals surface area contributed by atoms with Gasteiger partial charge in [0, 0.05) is 17.6 Å². The Morgan fingerprint density at radius 2 is 2.00 bits per heavy atom.